The van der Waals surface area contributed by atoms with Crippen molar-refractivity contribution in [2.75, 3.05) is 5.73 Å². The van der Waals surface area contributed by atoms with E-state index in [2.05, 4.69) is 20.4 Å². The highest BCUT2D eigenvalue weighted by molar-refractivity contribution is 7.18. The minimum Gasteiger partial charge on any atom is -0.508 e. The predicted molar refractivity (Wildman–Crippen MR) is 58.3 cm³/mol. The zero-order valence-corrected chi connectivity index (χ0v) is 8.72. The molecule has 0 fully saturated rings. The van der Waals surface area contributed by atoms with Crippen LogP contribution in [-0.4, -0.2) is 20.4 Å². The maximum atomic E-state index is 9.40. The van der Waals surface area contributed by atoms with Crippen molar-refractivity contribution in [2.24, 2.45) is 10.2 Å². The van der Waals surface area contributed by atoms with E-state index in [0.717, 1.165) is 11.3 Å². The summed E-state index contributed by atoms with van der Waals surface area (Å²) in [5, 5.41) is 33.7. The minimum atomic E-state index is -0.166. The lowest BCUT2D eigenvalue weighted by atomic mass is 10.3. The Bertz CT molecular complexity index is 539. The number of nitrogens with zero attached hydrogens (tertiary/aromatic N) is 4. The van der Waals surface area contributed by atoms with Crippen molar-refractivity contribution >= 4 is 27.3 Å². The van der Waals surface area contributed by atoms with Crippen LogP contribution >= 0.6 is 11.3 Å². The highest BCUT2D eigenvalue weighted by Gasteiger charge is 2.02. The lowest BCUT2D eigenvalue weighted by Crippen LogP contribution is -1.79. The first-order chi connectivity index (χ1) is 7.65. The second-order valence-corrected chi connectivity index (χ2v) is 3.78. The number of azo groups is 1. The summed E-state index contributed by atoms with van der Waals surface area (Å²) in [7, 11) is 0. The fourth-order valence-electron chi connectivity index (χ4n) is 0.960. The second-order valence-electron chi connectivity index (χ2n) is 2.80. The maximum absolute atomic E-state index is 9.40. The Kier molecular flexibility index (Phi) is 2.64. The Balaban J connectivity index is 2.23. The number of hydrogen-bond acceptors (Lipinski definition) is 8. The fourth-order valence-corrected chi connectivity index (χ4v) is 1.39. The number of nitrogens with two attached hydrogens (primary N) is 1. The van der Waals surface area contributed by atoms with Crippen molar-refractivity contribution < 1.29 is 10.2 Å². The van der Waals surface area contributed by atoms with E-state index in [0.29, 0.717) is 10.3 Å². The summed E-state index contributed by atoms with van der Waals surface area (Å²) in [6, 6.07) is 3.99. The van der Waals surface area contributed by atoms with Gasteiger partial charge in [0.15, 0.2) is 0 Å². The fraction of sp³-hybridized carbons (Fsp3) is 0. The smallest absolute Gasteiger partial charge is 0.253 e. The summed E-state index contributed by atoms with van der Waals surface area (Å²) in [6.07, 6.45) is 0. The van der Waals surface area contributed by atoms with Gasteiger partial charge in [0.2, 0.25) is 5.13 Å². The Labute approximate surface area is 93.9 Å². The van der Waals surface area contributed by atoms with Gasteiger partial charge in [0.1, 0.15) is 17.2 Å². The number of benzene rings is 1. The minimum absolute atomic E-state index is 0.0448. The van der Waals surface area contributed by atoms with Crippen LogP contribution in [0.5, 0.6) is 11.5 Å². The van der Waals surface area contributed by atoms with Crippen LogP contribution in [0.2, 0.25) is 0 Å². The van der Waals surface area contributed by atoms with E-state index >= 15 is 0 Å². The van der Waals surface area contributed by atoms with Crippen molar-refractivity contribution in [2.45, 2.75) is 0 Å². The number of aromatic nitrogens is 2. The lowest BCUT2D eigenvalue weighted by Gasteiger charge is -1.96. The van der Waals surface area contributed by atoms with Gasteiger partial charge in [-0.2, -0.15) is 0 Å². The average Bonchev–Trinajstić information content (AvgIpc) is 2.63. The lowest BCUT2D eigenvalue weighted by molar-refractivity contribution is 0.451. The molecule has 0 saturated carbocycles. The van der Waals surface area contributed by atoms with Crippen LogP contribution in [0, 0.1) is 0 Å². The Morgan fingerprint density at radius 1 is 1.19 bits per heavy atom. The molecule has 16 heavy (non-hydrogen) atoms. The van der Waals surface area contributed by atoms with Crippen molar-refractivity contribution in [3.63, 3.8) is 0 Å². The molecule has 0 amide bonds. The summed E-state index contributed by atoms with van der Waals surface area (Å²) >= 11 is 1.08. The molecule has 1 aromatic heterocycles. The number of hydrogen-bond donors (Lipinski definition) is 3. The third kappa shape index (κ3) is 2.23. The normalized spacial score (nSPS) is 11.0. The van der Waals surface area contributed by atoms with Crippen LogP contribution in [0.15, 0.2) is 28.4 Å². The molecule has 0 aliphatic carbocycles. The average molecular weight is 237 g/mol. The molecule has 0 atom stereocenters. The number of phenolic OH excluding ortho intramolecular Hbond substituents is 2. The van der Waals surface area contributed by atoms with Crippen LogP contribution in [0.3, 0.4) is 0 Å². The van der Waals surface area contributed by atoms with Crippen molar-refractivity contribution in [3.05, 3.63) is 18.2 Å². The molecule has 1 aromatic carbocycles. The van der Waals surface area contributed by atoms with Crippen LogP contribution in [0.1, 0.15) is 0 Å². The summed E-state index contributed by atoms with van der Waals surface area (Å²) in [5.74, 6) is -0.210. The van der Waals surface area contributed by atoms with Crippen LogP contribution < -0.4 is 5.73 Å². The predicted octanol–water partition coefficient (Wildman–Crippen LogP) is 1.95. The molecule has 0 aliphatic heterocycles. The van der Waals surface area contributed by atoms with Crippen molar-refractivity contribution in [1.29, 1.82) is 0 Å². The van der Waals surface area contributed by atoms with Gasteiger partial charge in [-0.05, 0) is 12.1 Å². The Morgan fingerprint density at radius 3 is 2.62 bits per heavy atom. The molecule has 0 aliphatic rings. The van der Waals surface area contributed by atoms with Gasteiger partial charge in [-0.15, -0.1) is 20.4 Å². The molecule has 0 saturated heterocycles. The molecule has 0 bridgehead atoms. The maximum Gasteiger partial charge on any atom is 0.253 e. The van der Waals surface area contributed by atoms with E-state index in [1.54, 1.807) is 0 Å². The molecular formula is C8H7N5O2S. The standard InChI is InChI=1S/C8H7N5O2S/c9-7-11-13-8(16-7)12-10-5-2-1-4(14)3-6(5)15/h1-3,14-15H,(H2,9,11). The molecule has 4 N–H and O–H groups in total. The van der Waals surface area contributed by atoms with Crippen LogP contribution in [-0.2, 0) is 0 Å². The van der Waals surface area contributed by atoms with Gasteiger partial charge in [-0.1, -0.05) is 11.3 Å². The monoisotopic (exact) mass is 237 g/mol. The summed E-state index contributed by atoms with van der Waals surface area (Å²) in [6.45, 7) is 0. The van der Waals surface area contributed by atoms with Gasteiger partial charge in [0.25, 0.3) is 5.13 Å². The molecule has 0 radical (unpaired) electrons. The molecule has 8 heteroatoms. The first kappa shape index (κ1) is 10.3. The molecule has 2 rings (SSSR count). The van der Waals surface area contributed by atoms with E-state index in [9.17, 15) is 5.11 Å². The van der Waals surface area contributed by atoms with Gasteiger partial charge in [-0.25, -0.2) is 0 Å². The molecule has 0 unspecified atom stereocenters. The quantitative estimate of drug-likeness (QED) is 0.690. The molecule has 0 spiro atoms. The summed E-state index contributed by atoms with van der Waals surface area (Å²) in [5.41, 5.74) is 5.59. The SMILES string of the molecule is Nc1nnc(N=Nc2ccc(O)cc2O)s1. The molecule has 1 heterocycles. The van der Waals surface area contributed by atoms with E-state index in [-0.39, 0.29) is 17.2 Å². The van der Waals surface area contributed by atoms with E-state index in [4.69, 9.17) is 10.8 Å². The molecule has 82 valence electrons. The van der Waals surface area contributed by atoms with E-state index in [1.165, 1.54) is 18.2 Å². The number of nitrogen functional groups attached to an aromatic ring is 1. The molecule has 7 nitrogen and oxygen atoms in total. The highest BCUT2D eigenvalue weighted by Crippen LogP contribution is 2.31. The van der Waals surface area contributed by atoms with Crippen molar-refractivity contribution in [1.82, 2.24) is 10.2 Å². The number of phenols is 2. The van der Waals surface area contributed by atoms with Crippen molar-refractivity contribution in [3.8, 4) is 11.5 Å². The van der Waals surface area contributed by atoms with Gasteiger partial charge < -0.3 is 15.9 Å². The van der Waals surface area contributed by atoms with Gasteiger partial charge in [0.05, 0.1) is 0 Å². The summed E-state index contributed by atoms with van der Waals surface area (Å²) in [4.78, 5) is 0. The number of rotatable bonds is 2. The van der Waals surface area contributed by atoms with Crippen LogP contribution in [0.25, 0.3) is 0 Å². The van der Waals surface area contributed by atoms with Gasteiger partial charge >= 0.3 is 0 Å². The Morgan fingerprint density at radius 2 is 2.00 bits per heavy atom. The first-order valence-corrected chi connectivity index (χ1v) is 4.99. The topological polar surface area (TPSA) is 117 Å². The van der Waals surface area contributed by atoms with Gasteiger partial charge in [-0.3, -0.25) is 0 Å². The third-order valence-corrected chi connectivity index (χ3v) is 2.27. The highest BCUT2D eigenvalue weighted by atomic mass is 32.1. The molecular weight excluding hydrogens is 230 g/mol. The summed E-state index contributed by atoms with van der Waals surface area (Å²) < 4.78 is 0. The third-order valence-electron chi connectivity index (χ3n) is 1.63. The first-order valence-electron chi connectivity index (χ1n) is 4.18. The number of anilines is 1. The Hall–Kier alpha value is -2.22. The number of aromatic hydroxyl groups is 2. The van der Waals surface area contributed by atoms with E-state index < -0.39 is 0 Å². The molecule has 2 aromatic rings. The van der Waals surface area contributed by atoms with E-state index in [1.807, 2.05) is 0 Å². The zero-order chi connectivity index (χ0) is 11.5. The van der Waals surface area contributed by atoms with Crippen LogP contribution in [0.4, 0.5) is 16.0 Å². The zero-order valence-electron chi connectivity index (χ0n) is 7.90. The van der Waals surface area contributed by atoms with Gasteiger partial charge in [0, 0.05) is 6.07 Å². The largest absolute Gasteiger partial charge is 0.508 e. The second kappa shape index (κ2) is 4.11.